The van der Waals surface area contributed by atoms with E-state index in [0.29, 0.717) is 25.6 Å². The largest absolute Gasteiger partial charge is 0.465 e. The van der Waals surface area contributed by atoms with Crippen molar-refractivity contribution in [3.05, 3.63) is 0 Å². The Morgan fingerprint density at radius 2 is 1.33 bits per heavy atom. The van der Waals surface area contributed by atoms with Crippen LogP contribution in [0.2, 0.25) is 0 Å². The molecule has 0 aliphatic heterocycles. The van der Waals surface area contributed by atoms with Gasteiger partial charge in [0.05, 0.1) is 13.2 Å². The van der Waals surface area contributed by atoms with Crippen LogP contribution in [-0.4, -0.2) is 25.2 Å². The van der Waals surface area contributed by atoms with Gasteiger partial charge in [0, 0.05) is 0 Å². The summed E-state index contributed by atoms with van der Waals surface area (Å²) in [6, 6.07) is 0. The van der Waals surface area contributed by atoms with Gasteiger partial charge in [-0.2, -0.15) is 0 Å². The van der Waals surface area contributed by atoms with Gasteiger partial charge in [-0.05, 0) is 31.6 Å². The maximum absolute atomic E-state index is 11.8. The second-order valence-corrected chi connectivity index (χ2v) is 4.86. The number of ether oxygens (including phenoxy) is 2. The summed E-state index contributed by atoms with van der Waals surface area (Å²) < 4.78 is 10.1. The van der Waals surface area contributed by atoms with Crippen LogP contribution in [0.3, 0.4) is 0 Å². The van der Waals surface area contributed by atoms with Gasteiger partial charge in [0.1, 0.15) is 0 Å². The van der Waals surface area contributed by atoms with Crippen LogP contribution in [0.4, 0.5) is 0 Å². The molecule has 0 N–H and O–H groups in total. The van der Waals surface area contributed by atoms with Crippen molar-refractivity contribution < 1.29 is 19.1 Å². The van der Waals surface area contributed by atoms with Crippen molar-refractivity contribution >= 4 is 11.9 Å². The average molecular weight is 258 g/mol. The van der Waals surface area contributed by atoms with Crippen molar-refractivity contribution in [1.29, 1.82) is 0 Å². The monoisotopic (exact) mass is 258 g/mol. The van der Waals surface area contributed by atoms with E-state index in [1.54, 1.807) is 0 Å². The van der Waals surface area contributed by atoms with Crippen molar-refractivity contribution in [1.82, 2.24) is 0 Å². The van der Waals surface area contributed by atoms with Gasteiger partial charge in [0.15, 0.2) is 5.92 Å². The number of carbonyl (C=O) groups excluding carboxylic acids is 2. The van der Waals surface area contributed by atoms with E-state index in [1.165, 1.54) is 0 Å². The van der Waals surface area contributed by atoms with E-state index in [0.717, 1.165) is 19.3 Å². The fourth-order valence-electron chi connectivity index (χ4n) is 1.44. The lowest BCUT2D eigenvalue weighted by atomic mass is 9.98. The van der Waals surface area contributed by atoms with Gasteiger partial charge in [0.2, 0.25) is 0 Å². The number of rotatable bonds is 9. The average Bonchev–Trinajstić information content (AvgIpc) is 2.33. The van der Waals surface area contributed by atoms with Crippen molar-refractivity contribution in [3.63, 3.8) is 0 Å². The molecule has 0 bridgehead atoms. The lowest BCUT2D eigenvalue weighted by Crippen LogP contribution is -2.29. The highest BCUT2D eigenvalue weighted by molar-refractivity contribution is 5.94. The van der Waals surface area contributed by atoms with Crippen molar-refractivity contribution in [2.45, 2.75) is 53.4 Å². The molecule has 0 fully saturated rings. The summed E-state index contributed by atoms with van der Waals surface area (Å²) in [5.74, 6) is -1.20. The predicted molar refractivity (Wildman–Crippen MR) is 70.1 cm³/mol. The van der Waals surface area contributed by atoms with E-state index in [2.05, 4.69) is 13.8 Å². The normalized spacial score (nSPS) is 10.8. The number of esters is 2. The Labute approximate surface area is 110 Å². The van der Waals surface area contributed by atoms with E-state index in [-0.39, 0.29) is 0 Å². The molecule has 4 heteroatoms. The third-order valence-corrected chi connectivity index (χ3v) is 2.50. The first-order chi connectivity index (χ1) is 8.52. The molecule has 18 heavy (non-hydrogen) atoms. The molecule has 0 aliphatic carbocycles. The molecule has 0 spiro atoms. The summed E-state index contributed by atoms with van der Waals surface area (Å²) in [6.07, 6.45) is 2.83. The first-order valence-corrected chi connectivity index (χ1v) is 6.86. The minimum Gasteiger partial charge on any atom is -0.465 e. The van der Waals surface area contributed by atoms with Gasteiger partial charge in [-0.3, -0.25) is 9.59 Å². The first kappa shape index (κ1) is 16.9. The molecule has 0 aromatic carbocycles. The maximum Gasteiger partial charge on any atom is 0.320 e. The Balaban J connectivity index is 4.39. The highest BCUT2D eigenvalue weighted by Gasteiger charge is 2.29. The highest BCUT2D eigenvalue weighted by Crippen LogP contribution is 2.16. The second-order valence-electron chi connectivity index (χ2n) is 4.86. The lowest BCUT2D eigenvalue weighted by molar-refractivity contribution is -0.162. The Kier molecular flexibility index (Phi) is 9.33. The fourth-order valence-corrected chi connectivity index (χ4v) is 1.44. The number of hydrogen-bond donors (Lipinski definition) is 0. The van der Waals surface area contributed by atoms with Crippen molar-refractivity contribution in [3.8, 4) is 0 Å². The molecule has 0 aliphatic rings. The topological polar surface area (TPSA) is 52.6 Å². The van der Waals surface area contributed by atoms with Crippen LogP contribution in [0.15, 0.2) is 0 Å². The molecule has 0 aromatic heterocycles. The third-order valence-electron chi connectivity index (χ3n) is 2.50. The number of carbonyl (C=O) groups is 2. The van der Waals surface area contributed by atoms with Crippen LogP contribution >= 0.6 is 0 Å². The van der Waals surface area contributed by atoms with Crippen LogP contribution in [0.5, 0.6) is 0 Å². The first-order valence-electron chi connectivity index (χ1n) is 6.86. The lowest BCUT2D eigenvalue weighted by Gasteiger charge is -2.15. The van der Waals surface area contributed by atoms with Gasteiger partial charge in [0.25, 0.3) is 0 Å². The molecule has 0 amide bonds. The third kappa shape index (κ3) is 7.30. The quantitative estimate of drug-likeness (QED) is 0.471. The smallest absolute Gasteiger partial charge is 0.320 e. The Hall–Kier alpha value is -1.06. The zero-order valence-corrected chi connectivity index (χ0v) is 12.0. The molecule has 0 saturated carbocycles. The van der Waals surface area contributed by atoms with E-state index in [1.807, 2.05) is 13.8 Å². The van der Waals surface area contributed by atoms with Gasteiger partial charge in [-0.1, -0.05) is 27.7 Å². The molecule has 0 atom stereocenters. The Morgan fingerprint density at radius 1 is 0.889 bits per heavy atom. The molecule has 0 unspecified atom stereocenters. The van der Waals surface area contributed by atoms with Crippen LogP contribution in [0.1, 0.15) is 53.4 Å². The summed E-state index contributed by atoms with van der Waals surface area (Å²) in [5.41, 5.74) is 0. The second kappa shape index (κ2) is 9.92. The van der Waals surface area contributed by atoms with E-state index in [9.17, 15) is 9.59 Å². The Morgan fingerprint density at radius 3 is 1.67 bits per heavy atom. The molecule has 0 heterocycles. The molecule has 0 radical (unpaired) electrons. The molecular weight excluding hydrogens is 232 g/mol. The zero-order valence-electron chi connectivity index (χ0n) is 12.0. The van der Waals surface area contributed by atoms with Gasteiger partial charge in [-0.15, -0.1) is 0 Å². The molecule has 0 rings (SSSR count). The summed E-state index contributed by atoms with van der Waals surface area (Å²) >= 11 is 0. The van der Waals surface area contributed by atoms with E-state index in [4.69, 9.17) is 9.47 Å². The fraction of sp³-hybridized carbons (Fsp3) is 0.857. The Bertz CT molecular complexity index is 228. The summed E-state index contributed by atoms with van der Waals surface area (Å²) in [6.45, 7) is 8.69. The van der Waals surface area contributed by atoms with Crippen LogP contribution in [0.25, 0.3) is 0 Å². The van der Waals surface area contributed by atoms with Crippen LogP contribution in [0, 0.1) is 11.8 Å². The van der Waals surface area contributed by atoms with Crippen molar-refractivity contribution in [2.24, 2.45) is 11.8 Å². The molecular formula is C14H26O4. The molecule has 0 saturated heterocycles. The minimum absolute atomic E-state index is 0.359. The maximum atomic E-state index is 11.8. The summed E-state index contributed by atoms with van der Waals surface area (Å²) in [5, 5.41) is 0. The standard InChI is InChI=1S/C14H26O4/c1-5-9-17-13(15)12(8-7-11(3)4)14(16)18-10-6-2/h11-12H,5-10H2,1-4H3. The zero-order chi connectivity index (χ0) is 14.0. The molecule has 4 nitrogen and oxygen atoms in total. The summed E-state index contributed by atoms with van der Waals surface area (Å²) in [4.78, 5) is 23.6. The van der Waals surface area contributed by atoms with Gasteiger partial charge >= 0.3 is 11.9 Å². The van der Waals surface area contributed by atoms with Gasteiger partial charge in [-0.25, -0.2) is 0 Å². The minimum atomic E-state index is -0.759. The highest BCUT2D eigenvalue weighted by atomic mass is 16.6. The number of hydrogen-bond acceptors (Lipinski definition) is 4. The van der Waals surface area contributed by atoms with Crippen LogP contribution < -0.4 is 0 Å². The predicted octanol–water partition coefficient (Wildman–Crippen LogP) is 2.95. The molecule has 0 aromatic rings. The van der Waals surface area contributed by atoms with E-state index >= 15 is 0 Å². The van der Waals surface area contributed by atoms with E-state index < -0.39 is 17.9 Å². The molecule has 106 valence electrons. The van der Waals surface area contributed by atoms with Crippen LogP contribution in [-0.2, 0) is 19.1 Å². The summed E-state index contributed by atoms with van der Waals surface area (Å²) in [7, 11) is 0. The SMILES string of the molecule is CCCOC(=O)C(CCC(C)C)C(=O)OCCC. The van der Waals surface area contributed by atoms with Gasteiger partial charge < -0.3 is 9.47 Å². The van der Waals surface area contributed by atoms with Crippen molar-refractivity contribution in [2.75, 3.05) is 13.2 Å².